The first-order chi connectivity index (χ1) is 65.9. The second-order valence-electron chi connectivity index (χ2n) is 34.3. The number of amides is 18. The highest BCUT2D eigenvalue weighted by molar-refractivity contribution is 7.80. The van der Waals surface area contributed by atoms with E-state index in [9.17, 15) is 97.1 Å². The van der Waals surface area contributed by atoms with Crippen LogP contribution in [0.2, 0.25) is 0 Å². The van der Waals surface area contributed by atoms with Gasteiger partial charge in [-0.3, -0.25) is 101 Å². The minimum absolute atomic E-state index is 0.00976. The van der Waals surface area contributed by atoms with E-state index in [0.717, 1.165) is 54.4 Å². The van der Waals surface area contributed by atoms with Crippen molar-refractivity contribution in [2.75, 3.05) is 93.4 Å². The zero-order valence-corrected chi connectivity index (χ0v) is 79.7. The topological polar surface area (TPSA) is 669 Å². The second-order valence-corrected chi connectivity index (χ2v) is 34.6. The monoisotopic (exact) mass is 1950 g/mol. The minimum atomic E-state index is -1.98. The van der Waals surface area contributed by atoms with Gasteiger partial charge in [0.15, 0.2) is 5.96 Å². The lowest BCUT2D eigenvalue weighted by atomic mass is 10.00. The van der Waals surface area contributed by atoms with Gasteiger partial charge in [-0.15, -0.1) is 0 Å². The Labute approximate surface area is 807 Å². The lowest BCUT2D eigenvalue weighted by molar-refractivity contribution is -0.150. The molecule has 0 aliphatic carbocycles. The van der Waals surface area contributed by atoms with E-state index in [1.54, 1.807) is 85.9 Å². The van der Waals surface area contributed by atoms with E-state index in [2.05, 4.69) is 76.1 Å². The van der Waals surface area contributed by atoms with Crippen LogP contribution in [0.1, 0.15) is 108 Å². The molecular weight excluding hydrogens is 1830 g/mol. The van der Waals surface area contributed by atoms with Crippen molar-refractivity contribution in [3.05, 3.63) is 138 Å². The van der Waals surface area contributed by atoms with Crippen molar-refractivity contribution < 1.29 is 116 Å². The third-order valence-corrected chi connectivity index (χ3v) is 24.2. The van der Waals surface area contributed by atoms with Crippen molar-refractivity contribution in [3.8, 4) is 5.75 Å². The molecule has 4 aromatic carbocycles. The number of rotatable bonds is 52. The first kappa shape index (κ1) is 111. The Morgan fingerprint density at radius 3 is 1.58 bits per heavy atom. The molecule has 754 valence electrons. The summed E-state index contributed by atoms with van der Waals surface area (Å²) < 4.78 is 0. The predicted octanol–water partition coefficient (Wildman–Crippen LogP) is -4.66. The number of hydrogen-bond donors (Lipinski definition) is 20. The highest BCUT2D eigenvalue weighted by atomic mass is 32.1. The van der Waals surface area contributed by atoms with Crippen LogP contribution in [0.15, 0.2) is 115 Å². The van der Waals surface area contributed by atoms with Crippen LogP contribution in [0.4, 0.5) is 0 Å². The molecule has 0 bridgehead atoms. The number of carbonyl (C=O) groups excluding carboxylic acids is 18. The lowest BCUT2D eigenvalue weighted by Crippen LogP contribution is -2.61. The van der Waals surface area contributed by atoms with Gasteiger partial charge in [0.1, 0.15) is 84.3 Å². The van der Waals surface area contributed by atoms with Crippen molar-refractivity contribution in [2.24, 2.45) is 17.4 Å². The molecule has 139 heavy (non-hydrogen) atoms. The highest BCUT2D eigenvalue weighted by Gasteiger charge is 2.46. The second kappa shape index (κ2) is 53.6. The standard InChI is InChI=1S/C92H126N22O24S/c1-10-72(118)102-61(41-56-44-97-59-27-18-17-26-58(56)59)80(127)99-46-74(120)103-64(43-77(124)125)87(134)114-37-21-30-67(114)89(136)109(6)52(4)79(126)105-62(42-76(122)123)82(129)107-78(51(2)3)91(138)112(9)70(49-115)83(130)100-47-73(119)101-60(28-19-35-96-92(94)95)85(132)110(7)68(39-53-22-13-11-14-23-53)88(135)108(5)48-75(121)104-63(38-55-31-33-57(116)34-32-55)86(133)111(8)69(40-54-24-15-12-16-25-54)90(137)113-36-20-29-66(113)84(131)106-65(50-139)81(128)98-45-71(93)117/h11-18,22-27,31-34,44,51-52,60-70,78,97,115-116,139H,10,19-21,28-30,35-43,45-50H2,1-9H3,(H2,93,117)(H,98,128)(H,99,127)(H,100,130)(H,101,119)(H,102,118)(H,103,120)(H,104,121)(H,105,126)(H,106,131)(H,107,129)(H,122,123)(H,124,125)(H4,94,95,96)/t52-,60-,61+,62-,63-,64-,65-,66-,67-,68-,69-,70-,78-/m0/s1. The Morgan fingerprint density at radius 2 is 1.01 bits per heavy atom. The lowest BCUT2D eigenvalue weighted by Gasteiger charge is -2.35. The summed E-state index contributed by atoms with van der Waals surface area (Å²) in [6.07, 6.45) is -0.436. The first-order valence-corrected chi connectivity index (χ1v) is 45.8. The molecule has 0 radical (unpaired) electrons. The van der Waals surface area contributed by atoms with Crippen LogP contribution in [0, 0.1) is 11.3 Å². The number of nitrogens with one attached hydrogen (secondary N) is 13. The maximum absolute atomic E-state index is 15.3. The molecule has 0 saturated carbocycles. The normalized spacial score (nSPS) is 15.6. The highest BCUT2D eigenvalue weighted by Crippen LogP contribution is 2.27. The molecule has 2 saturated heterocycles. The van der Waals surface area contributed by atoms with E-state index in [1.807, 2.05) is 12.1 Å². The Balaban J connectivity index is 1.00. The number of likely N-dealkylation sites (N-methyl/N-ethyl adjacent to an activating group) is 5. The number of guanidine groups is 1. The fourth-order valence-electron chi connectivity index (χ4n) is 15.9. The van der Waals surface area contributed by atoms with Gasteiger partial charge >= 0.3 is 11.9 Å². The number of hydrogen-bond acceptors (Lipinski definition) is 24. The largest absolute Gasteiger partial charge is 0.508 e. The third kappa shape index (κ3) is 32.7. The molecule has 2 aliphatic rings. The molecule has 13 atom stereocenters. The minimum Gasteiger partial charge on any atom is -0.508 e. The smallest absolute Gasteiger partial charge is 0.305 e. The number of aromatic hydroxyl groups is 1. The number of carboxylic acids is 2. The van der Waals surface area contributed by atoms with E-state index >= 15 is 19.2 Å². The number of H-pyrrole nitrogens is 1. The van der Waals surface area contributed by atoms with Crippen molar-refractivity contribution in [3.63, 3.8) is 0 Å². The van der Waals surface area contributed by atoms with Crippen LogP contribution in [0.25, 0.3) is 10.9 Å². The number of para-hydroxylation sites is 1. The van der Waals surface area contributed by atoms with Gasteiger partial charge in [0.2, 0.25) is 106 Å². The van der Waals surface area contributed by atoms with Crippen LogP contribution >= 0.6 is 12.6 Å². The van der Waals surface area contributed by atoms with E-state index in [1.165, 1.54) is 71.1 Å². The van der Waals surface area contributed by atoms with Gasteiger partial charge in [-0.05, 0) is 91.8 Å². The number of phenols is 1. The summed E-state index contributed by atoms with van der Waals surface area (Å²) in [6.45, 7) is 1.48. The Bertz CT molecular complexity index is 5250. The van der Waals surface area contributed by atoms with Gasteiger partial charge in [-0.1, -0.05) is 112 Å². The van der Waals surface area contributed by atoms with Crippen LogP contribution in [0.3, 0.4) is 0 Å². The zero-order chi connectivity index (χ0) is 103. The van der Waals surface area contributed by atoms with Crippen molar-refractivity contribution >= 4 is 148 Å². The van der Waals surface area contributed by atoms with Crippen molar-refractivity contribution in [1.29, 1.82) is 5.41 Å². The number of likely N-dealkylation sites (tertiary alicyclic amines) is 2. The number of carbonyl (C=O) groups is 20. The quantitative estimate of drug-likeness (QED) is 0.00753. The van der Waals surface area contributed by atoms with E-state index in [0.29, 0.717) is 28.7 Å². The van der Waals surface area contributed by atoms with Gasteiger partial charge in [-0.2, -0.15) is 12.6 Å². The molecule has 47 heteroatoms. The molecule has 1 aromatic heterocycles. The van der Waals surface area contributed by atoms with Gasteiger partial charge in [0.25, 0.3) is 0 Å². The summed E-state index contributed by atoms with van der Waals surface area (Å²) in [5.74, 6) is -21.0. The fraction of sp³-hybridized carbons (Fsp3) is 0.489. The number of aromatic amines is 1. The molecule has 0 spiro atoms. The summed E-state index contributed by atoms with van der Waals surface area (Å²) in [7, 11) is 6.09. The summed E-state index contributed by atoms with van der Waals surface area (Å²) >= 11 is 4.21. The number of phenolic OH excluding ortho intramolecular Hbond substituents is 1. The van der Waals surface area contributed by atoms with Gasteiger partial charge in [0, 0.05) is 110 Å². The van der Waals surface area contributed by atoms with E-state index < -0.39 is 254 Å². The number of nitrogens with zero attached hydrogens (tertiary/aromatic N) is 7. The third-order valence-electron chi connectivity index (χ3n) is 23.8. The maximum Gasteiger partial charge on any atom is 0.305 e. The molecule has 5 aromatic rings. The average Bonchev–Trinajstić information content (AvgIpc) is 1.43. The Morgan fingerprint density at radius 1 is 0.496 bits per heavy atom. The van der Waals surface area contributed by atoms with Gasteiger partial charge < -0.3 is 130 Å². The molecule has 18 amide bonds. The van der Waals surface area contributed by atoms with Gasteiger partial charge in [0.05, 0.1) is 45.6 Å². The van der Waals surface area contributed by atoms with Crippen LogP contribution in [-0.4, -0.2) is 356 Å². The van der Waals surface area contributed by atoms with Crippen LogP contribution in [-0.2, 0) is 122 Å². The summed E-state index contributed by atoms with van der Waals surface area (Å²) in [4.78, 5) is 288. The van der Waals surface area contributed by atoms with Crippen LogP contribution < -0.4 is 70.0 Å². The Hall–Kier alpha value is -14.8. The number of fused-ring (bicyclic) bond motifs is 1. The Kier molecular flexibility index (Phi) is 42.9. The number of nitrogens with two attached hydrogens (primary N) is 2. The van der Waals surface area contributed by atoms with E-state index in [-0.39, 0.29) is 95.3 Å². The molecule has 3 heterocycles. The number of primary amides is 1. The van der Waals surface area contributed by atoms with Crippen molar-refractivity contribution in [1.82, 2.24) is 97.8 Å². The molecule has 7 rings (SSSR count). The summed E-state index contributed by atoms with van der Waals surface area (Å²) in [6, 6.07) is 10.4. The van der Waals surface area contributed by atoms with Crippen molar-refractivity contribution in [2.45, 2.75) is 190 Å². The van der Waals surface area contributed by atoms with Gasteiger partial charge in [-0.25, -0.2) is 0 Å². The fourth-order valence-corrected chi connectivity index (χ4v) is 16.2. The number of aliphatic hydroxyl groups excluding tert-OH is 1. The summed E-state index contributed by atoms with van der Waals surface area (Å²) in [5.41, 5.74) is 13.8. The SMILES string of the molecule is CCC(=O)N[C@H](Cc1c[nH]c2ccccc12)C(=O)NCC(=O)N[C@@H](CC(=O)O)C(=O)N1CCC[C@H]1C(=O)N(C)[C@@H](C)C(=O)N[C@@H](CC(=O)O)C(=O)N[C@H](C(=O)N(C)[C@@H](CO)C(=O)NCC(=O)N[C@@H](CCCNC(=N)N)C(=O)N(C)[C@@H](Cc1ccccc1)C(=O)N(C)CC(=O)N[C@@H](Cc1ccc(O)cc1)C(=O)N(C)[C@@H](Cc1ccccc1)C(=O)N1CCC[C@H]1C(=O)N[C@@H](CS)C(=O)NCC(N)=O)C(C)C. The number of thiol groups is 1. The summed E-state index contributed by atoms with van der Waals surface area (Å²) in [5, 5.41) is 76.6. The number of carboxylic acid groups (broad SMARTS) is 2. The number of aliphatic hydroxyl groups is 1. The number of aromatic nitrogens is 1. The zero-order valence-electron chi connectivity index (χ0n) is 78.8. The van der Waals surface area contributed by atoms with Crippen LogP contribution in [0.5, 0.6) is 5.75 Å². The van der Waals surface area contributed by atoms with E-state index in [4.69, 9.17) is 16.9 Å². The molecule has 2 aliphatic heterocycles. The molecule has 0 unspecified atom stereocenters. The molecular formula is C92H126N22O24S. The predicted molar refractivity (Wildman–Crippen MR) is 505 cm³/mol. The average molecular weight is 1960 g/mol. The number of benzene rings is 4. The molecule has 2 fully saturated rings. The first-order valence-electron chi connectivity index (χ1n) is 45.1. The maximum atomic E-state index is 15.3. The molecule has 46 nitrogen and oxygen atoms in total. The number of aliphatic carboxylic acids is 2. The molecule has 21 N–H and O–H groups in total.